The minimum Gasteiger partial charge on any atom is -0.493 e. The maximum atomic E-state index is 10.9. The van der Waals surface area contributed by atoms with Gasteiger partial charge in [-0.3, -0.25) is 4.90 Å². The van der Waals surface area contributed by atoms with Gasteiger partial charge in [0, 0.05) is 36.0 Å². The minimum absolute atomic E-state index is 0.182. The Bertz CT molecular complexity index is 489. The van der Waals surface area contributed by atoms with Gasteiger partial charge in [-0.1, -0.05) is 11.6 Å². The van der Waals surface area contributed by atoms with Crippen LogP contribution >= 0.6 is 11.6 Å². The highest BCUT2D eigenvalue weighted by atomic mass is 35.5. The van der Waals surface area contributed by atoms with E-state index in [9.17, 15) is 4.79 Å². The Morgan fingerprint density at radius 2 is 2.37 bits per heavy atom. The maximum absolute atomic E-state index is 10.9. The third-order valence-electron chi connectivity index (χ3n) is 3.95. The van der Waals surface area contributed by atoms with E-state index in [0.717, 1.165) is 68.1 Å². The third-order valence-corrected chi connectivity index (χ3v) is 4.17. The largest absolute Gasteiger partial charge is 0.493 e. The van der Waals surface area contributed by atoms with Gasteiger partial charge in [0.25, 0.3) is 0 Å². The summed E-state index contributed by atoms with van der Waals surface area (Å²) < 4.78 is 5.72. The Labute approximate surface area is 118 Å². The SMILES string of the molecule is O=CC1CCCN(Cc2cc(Cl)cc3c2OCC3)C1. The molecule has 2 aliphatic rings. The first-order valence-electron chi connectivity index (χ1n) is 6.88. The molecule has 0 aromatic heterocycles. The van der Waals surface area contributed by atoms with Crippen LogP contribution in [-0.2, 0) is 17.8 Å². The van der Waals surface area contributed by atoms with Crippen LogP contribution < -0.4 is 4.74 Å². The van der Waals surface area contributed by atoms with Gasteiger partial charge in [-0.15, -0.1) is 0 Å². The van der Waals surface area contributed by atoms with Crippen LogP contribution in [0.2, 0.25) is 5.02 Å². The van der Waals surface area contributed by atoms with Crippen molar-refractivity contribution in [3.05, 3.63) is 28.3 Å². The zero-order valence-electron chi connectivity index (χ0n) is 10.9. The van der Waals surface area contributed by atoms with E-state index in [1.807, 2.05) is 12.1 Å². The first kappa shape index (κ1) is 12.9. The van der Waals surface area contributed by atoms with Crippen molar-refractivity contribution < 1.29 is 9.53 Å². The van der Waals surface area contributed by atoms with Crippen LogP contribution in [-0.4, -0.2) is 30.9 Å². The van der Waals surface area contributed by atoms with Crippen LogP contribution in [0.15, 0.2) is 12.1 Å². The van der Waals surface area contributed by atoms with E-state index in [1.54, 1.807) is 0 Å². The summed E-state index contributed by atoms with van der Waals surface area (Å²) in [4.78, 5) is 13.3. The molecule has 2 heterocycles. The Morgan fingerprint density at radius 1 is 1.47 bits per heavy atom. The molecule has 0 spiro atoms. The number of rotatable bonds is 3. The molecule has 0 aliphatic carbocycles. The predicted molar refractivity (Wildman–Crippen MR) is 74.7 cm³/mol. The van der Waals surface area contributed by atoms with Crippen molar-refractivity contribution in [2.75, 3.05) is 19.7 Å². The second-order valence-corrected chi connectivity index (χ2v) is 5.86. The summed E-state index contributed by atoms with van der Waals surface area (Å²) in [6.45, 7) is 3.48. The van der Waals surface area contributed by atoms with Gasteiger partial charge in [-0.25, -0.2) is 0 Å². The van der Waals surface area contributed by atoms with Crippen LogP contribution in [0.3, 0.4) is 0 Å². The molecule has 1 atom stereocenters. The molecule has 102 valence electrons. The zero-order valence-corrected chi connectivity index (χ0v) is 11.7. The van der Waals surface area contributed by atoms with E-state index in [-0.39, 0.29) is 5.92 Å². The summed E-state index contributed by atoms with van der Waals surface area (Å²) in [7, 11) is 0. The lowest BCUT2D eigenvalue weighted by molar-refractivity contribution is -0.112. The number of likely N-dealkylation sites (tertiary alicyclic amines) is 1. The summed E-state index contributed by atoms with van der Waals surface area (Å²) in [5.41, 5.74) is 2.37. The lowest BCUT2D eigenvalue weighted by atomic mass is 9.99. The van der Waals surface area contributed by atoms with Crippen LogP contribution in [0.1, 0.15) is 24.0 Å². The van der Waals surface area contributed by atoms with Crippen molar-refractivity contribution in [2.45, 2.75) is 25.8 Å². The van der Waals surface area contributed by atoms with Crippen molar-refractivity contribution in [3.8, 4) is 5.75 Å². The second-order valence-electron chi connectivity index (χ2n) is 5.43. The molecule has 19 heavy (non-hydrogen) atoms. The lowest BCUT2D eigenvalue weighted by Crippen LogP contribution is -2.35. The smallest absolute Gasteiger partial charge is 0.127 e. The first-order valence-corrected chi connectivity index (χ1v) is 7.26. The van der Waals surface area contributed by atoms with Crippen LogP contribution in [0, 0.1) is 5.92 Å². The molecule has 3 nitrogen and oxygen atoms in total. The fourth-order valence-corrected chi connectivity index (χ4v) is 3.31. The fraction of sp³-hybridized carbons (Fsp3) is 0.533. The molecule has 1 saturated heterocycles. The van der Waals surface area contributed by atoms with Gasteiger partial charge in [0.05, 0.1) is 6.61 Å². The molecule has 1 fully saturated rings. The maximum Gasteiger partial charge on any atom is 0.127 e. The van der Waals surface area contributed by atoms with Gasteiger partial charge in [-0.05, 0) is 37.1 Å². The van der Waals surface area contributed by atoms with E-state index < -0.39 is 0 Å². The molecule has 1 unspecified atom stereocenters. The van der Waals surface area contributed by atoms with Gasteiger partial charge < -0.3 is 9.53 Å². The lowest BCUT2D eigenvalue weighted by Gasteiger charge is -2.30. The average Bonchev–Trinajstić information content (AvgIpc) is 2.87. The topological polar surface area (TPSA) is 29.5 Å². The highest BCUT2D eigenvalue weighted by Crippen LogP contribution is 2.34. The molecule has 4 heteroatoms. The highest BCUT2D eigenvalue weighted by Gasteiger charge is 2.23. The summed E-state index contributed by atoms with van der Waals surface area (Å²) in [6.07, 6.45) is 4.14. The van der Waals surface area contributed by atoms with Crippen molar-refractivity contribution in [2.24, 2.45) is 5.92 Å². The first-order chi connectivity index (χ1) is 9.26. The van der Waals surface area contributed by atoms with E-state index >= 15 is 0 Å². The van der Waals surface area contributed by atoms with Crippen LogP contribution in [0.5, 0.6) is 5.75 Å². The Morgan fingerprint density at radius 3 is 3.21 bits per heavy atom. The van der Waals surface area contributed by atoms with Crippen LogP contribution in [0.4, 0.5) is 0 Å². The van der Waals surface area contributed by atoms with Gasteiger partial charge in [-0.2, -0.15) is 0 Å². The van der Waals surface area contributed by atoms with Gasteiger partial charge in [0.2, 0.25) is 0 Å². The van der Waals surface area contributed by atoms with Gasteiger partial charge >= 0.3 is 0 Å². The molecule has 0 radical (unpaired) electrons. The number of hydrogen-bond donors (Lipinski definition) is 0. The number of nitrogens with zero attached hydrogens (tertiary/aromatic N) is 1. The van der Waals surface area contributed by atoms with Crippen molar-refractivity contribution in [1.82, 2.24) is 4.90 Å². The summed E-state index contributed by atoms with van der Waals surface area (Å²) in [5.74, 6) is 1.19. The number of ether oxygens (including phenoxy) is 1. The number of piperidine rings is 1. The number of hydrogen-bond acceptors (Lipinski definition) is 3. The highest BCUT2D eigenvalue weighted by molar-refractivity contribution is 6.30. The van der Waals surface area contributed by atoms with Crippen molar-refractivity contribution in [3.63, 3.8) is 0 Å². The van der Waals surface area contributed by atoms with Gasteiger partial charge in [0.1, 0.15) is 12.0 Å². The summed E-state index contributed by atoms with van der Waals surface area (Å²) >= 11 is 6.17. The Balaban J connectivity index is 1.78. The van der Waals surface area contributed by atoms with E-state index in [1.165, 1.54) is 5.56 Å². The monoisotopic (exact) mass is 279 g/mol. The minimum atomic E-state index is 0.182. The normalized spacial score (nSPS) is 22.9. The number of carbonyl (C=O) groups is 1. The second kappa shape index (κ2) is 5.51. The van der Waals surface area contributed by atoms with E-state index in [2.05, 4.69) is 4.90 Å². The van der Waals surface area contributed by atoms with Gasteiger partial charge in [0.15, 0.2) is 0 Å². The molecule has 0 N–H and O–H groups in total. The molecule has 3 rings (SSSR count). The van der Waals surface area contributed by atoms with Crippen molar-refractivity contribution >= 4 is 17.9 Å². The molecule has 1 aromatic rings. The van der Waals surface area contributed by atoms with E-state index in [4.69, 9.17) is 16.3 Å². The molecular weight excluding hydrogens is 262 g/mol. The molecule has 2 aliphatic heterocycles. The fourth-order valence-electron chi connectivity index (χ4n) is 3.05. The number of carbonyl (C=O) groups excluding carboxylic acids is 1. The number of aldehydes is 1. The van der Waals surface area contributed by atoms with Crippen LogP contribution in [0.25, 0.3) is 0 Å². The standard InChI is InChI=1S/C15H18ClNO2/c16-14-6-12-3-5-19-15(12)13(7-14)9-17-4-1-2-11(8-17)10-18/h6-7,10-11H,1-5,8-9H2. The number of fused-ring (bicyclic) bond motifs is 1. The summed E-state index contributed by atoms with van der Waals surface area (Å²) in [6, 6.07) is 3.99. The predicted octanol–water partition coefficient (Wildman–Crippen LogP) is 2.69. The quantitative estimate of drug-likeness (QED) is 0.797. The number of halogens is 1. The molecule has 0 saturated carbocycles. The zero-order chi connectivity index (χ0) is 13.2. The summed E-state index contributed by atoms with van der Waals surface area (Å²) in [5, 5.41) is 0.781. The molecule has 0 bridgehead atoms. The van der Waals surface area contributed by atoms with Crippen molar-refractivity contribution in [1.29, 1.82) is 0 Å². The average molecular weight is 280 g/mol. The third kappa shape index (κ3) is 2.77. The Kier molecular flexibility index (Phi) is 3.76. The molecule has 1 aromatic carbocycles. The van der Waals surface area contributed by atoms with E-state index in [0.29, 0.717) is 0 Å². The number of benzene rings is 1. The Hall–Kier alpha value is -1.06. The molecular formula is C15H18ClNO2. The molecule has 0 amide bonds.